The molecular formula is C7H10N2O. The Morgan fingerprint density at radius 3 is 3.50 bits per heavy atom. The minimum Gasteiger partial charge on any atom is -0.448 e. The average Bonchev–Trinajstić information content (AvgIpc) is 2.33. The van der Waals surface area contributed by atoms with E-state index in [1.54, 1.807) is 0 Å². The molecule has 1 aliphatic rings. The van der Waals surface area contributed by atoms with Crippen molar-refractivity contribution in [2.75, 3.05) is 0 Å². The van der Waals surface area contributed by atoms with E-state index >= 15 is 0 Å². The molecule has 0 saturated carbocycles. The summed E-state index contributed by atoms with van der Waals surface area (Å²) in [7, 11) is 0. The summed E-state index contributed by atoms with van der Waals surface area (Å²) in [5.74, 6) is 1.03. The molecule has 3 nitrogen and oxygen atoms in total. The summed E-state index contributed by atoms with van der Waals surface area (Å²) in [6.45, 7) is 0. The molecule has 0 aromatic carbocycles. The molecule has 0 aliphatic heterocycles. The van der Waals surface area contributed by atoms with Crippen LogP contribution in [0.4, 0.5) is 0 Å². The van der Waals surface area contributed by atoms with Crippen LogP contribution < -0.4 is 5.73 Å². The third-order valence-electron chi connectivity index (χ3n) is 1.92. The van der Waals surface area contributed by atoms with Crippen molar-refractivity contribution < 1.29 is 4.42 Å². The van der Waals surface area contributed by atoms with Gasteiger partial charge >= 0.3 is 0 Å². The van der Waals surface area contributed by atoms with Crippen molar-refractivity contribution in [1.29, 1.82) is 0 Å². The van der Waals surface area contributed by atoms with Gasteiger partial charge in [0.25, 0.3) is 0 Å². The van der Waals surface area contributed by atoms with Crippen molar-refractivity contribution in [2.24, 2.45) is 5.73 Å². The first kappa shape index (κ1) is 5.92. The Morgan fingerprint density at radius 1 is 1.70 bits per heavy atom. The third kappa shape index (κ3) is 0.827. The van der Waals surface area contributed by atoms with Crippen molar-refractivity contribution >= 4 is 0 Å². The molecule has 0 spiro atoms. The number of hydrogen-bond acceptors (Lipinski definition) is 3. The Balaban J connectivity index is 2.30. The zero-order valence-corrected chi connectivity index (χ0v) is 5.71. The van der Waals surface area contributed by atoms with Gasteiger partial charge in [0, 0.05) is 18.9 Å². The Kier molecular flexibility index (Phi) is 1.24. The van der Waals surface area contributed by atoms with Crippen molar-refractivity contribution in [3.63, 3.8) is 0 Å². The van der Waals surface area contributed by atoms with E-state index in [1.165, 1.54) is 6.39 Å². The van der Waals surface area contributed by atoms with Crippen LogP contribution in [0.5, 0.6) is 0 Å². The molecule has 0 fully saturated rings. The summed E-state index contributed by atoms with van der Waals surface area (Å²) in [5, 5.41) is 0. The zero-order valence-electron chi connectivity index (χ0n) is 5.71. The van der Waals surface area contributed by atoms with Gasteiger partial charge in [0.1, 0.15) is 5.76 Å². The fourth-order valence-electron chi connectivity index (χ4n) is 1.33. The molecular weight excluding hydrogens is 128 g/mol. The van der Waals surface area contributed by atoms with Crippen LogP contribution >= 0.6 is 0 Å². The van der Waals surface area contributed by atoms with Crippen LogP contribution in [0.3, 0.4) is 0 Å². The molecule has 0 saturated heterocycles. The van der Waals surface area contributed by atoms with E-state index < -0.39 is 0 Å². The summed E-state index contributed by atoms with van der Waals surface area (Å²) in [4.78, 5) is 4.06. The van der Waals surface area contributed by atoms with Crippen molar-refractivity contribution in [3.8, 4) is 0 Å². The number of oxazole rings is 1. The first-order valence-electron chi connectivity index (χ1n) is 3.53. The molecule has 2 rings (SSSR count). The van der Waals surface area contributed by atoms with E-state index in [9.17, 15) is 0 Å². The minimum absolute atomic E-state index is 0.289. The van der Waals surface area contributed by atoms with Gasteiger partial charge in [0.2, 0.25) is 0 Å². The predicted octanol–water partition coefficient (Wildman–Crippen LogP) is 0.491. The molecule has 1 heterocycles. The maximum atomic E-state index is 5.73. The molecule has 1 atom stereocenters. The highest BCUT2D eigenvalue weighted by atomic mass is 16.3. The van der Waals surface area contributed by atoms with Crippen LogP contribution in [0.15, 0.2) is 10.8 Å². The lowest BCUT2D eigenvalue weighted by Crippen LogP contribution is -2.27. The van der Waals surface area contributed by atoms with Crippen molar-refractivity contribution in [2.45, 2.75) is 25.3 Å². The van der Waals surface area contributed by atoms with Crippen LogP contribution in [0.1, 0.15) is 17.9 Å². The highest BCUT2D eigenvalue weighted by Gasteiger charge is 2.18. The topological polar surface area (TPSA) is 52.0 Å². The molecule has 1 unspecified atom stereocenters. The summed E-state index contributed by atoms with van der Waals surface area (Å²) in [6.07, 6.45) is 4.37. The number of aromatic nitrogens is 1. The Labute approximate surface area is 59.2 Å². The normalized spacial score (nSPS) is 24.3. The van der Waals surface area contributed by atoms with E-state index in [1.807, 2.05) is 0 Å². The van der Waals surface area contributed by atoms with Crippen LogP contribution in [-0.2, 0) is 12.8 Å². The van der Waals surface area contributed by atoms with E-state index in [4.69, 9.17) is 10.2 Å². The second kappa shape index (κ2) is 2.09. The Morgan fingerprint density at radius 2 is 2.60 bits per heavy atom. The van der Waals surface area contributed by atoms with Gasteiger partial charge < -0.3 is 10.2 Å². The van der Waals surface area contributed by atoms with Gasteiger partial charge in [0.15, 0.2) is 6.39 Å². The second-order valence-corrected chi connectivity index (χ2v) is 2.73. The smallest absolute Gasteiger partial charge is 0.181 e. The number of fused-ring (bicyclic) bond motifs is 1. The van der Waals surface area contributed by atoms with Gasteiger partial charge in [0.05, 0.1) is 5.69 Å². The standard InChI is InChI=1S/C7H10N2O/c8-5-1-2-7-6(3-5)9-4-10-7/h4-5H,1-3,8H2. The molecule has 3 heteroatoms. The number of nitrogens with zero attached hydrogens (tertiary/aromatic N) is 1. The predicted molar refractivity (Wildman–Crippen MR) is 36.5 cm³/mol. The van der Waals surface area contributed by atoms with Crippen LogP contribution in [-0.4, -0.2) is 11.0 Å². The minimum atomic E-state index is 0.289. The molecule has 1 aliphatic carbocycles. The first-order chi connectivity index (χ1) is 4.86. The van der Waals surface area contributed by atoms with Gasteiger partial charge in [-0.15, -0.1) is 0 Å². The molecule has 10 heavy (non-hydrogen) atoms. The average molecular weight is 138 g/mol. The second-order valence-electron chi connectivity index (χ2n) is 2.73. The fourth-order valence-corrected chi connectivity index (χ4v) is 1.33. The maximum Gasteiger partial charge on any atom is 0.181 e. The fraction of sp³-hybridized carbons (Fsp3) is 0.571. The molecule has 0 radical (unpaired) electrons. The summed E-state index contributed by atoms with van der Waals surface area (Å²) < 4.78 is 5.14. The van der Waals surface area contributed by atoms with Crippen molar-refractivity contribution in [1.82, 2.24) is 4.98 Å². The monoisotopic (exact) mass is 138 g/mol. The SMILES string of the molecule is NC1CCc2ocnc2C1. The molecule has 1 aromatic rings. The summed E-state index contributed by atoms with van der Waals surface area (Å²) in [5.41, 5.74) is 6.78. The van der Waals surface area contributed by atoms with E-state index in [-0.39, 0.29) is 6.04 Å². The first-order valence-corrected chi connectivity index (χ1v) is 3.53. The van der Waals surface area contributed by atoms with Gasteiger partial charge in [-0.3, -0.25) is 0 Å². The number of nitrogens with two attached hydrogens (primary N) is 1. The van der Waals surface area contributed by atoms with Crippen LogP contribution in [0.2, 0.25) is 0 Å². The quantitative estimate of drug-likeness (QED) is 0.567. The van der Waals surface area contributed by atoms with E-state index in [0.29, 0.717) is 0 Å². The van der Waals surface area contributed by atoms with E-state index in [2.05, 4.69) is 4.98 Å². The summed E-state index contributed by atoms with van der Waals surface area (Å²) in [6, 6.07) is 0.289. The Bertz CT molecular complexity index is 231. The largest absolute Gasteiger partial charge is 0.448 e. The lowest BCUT2D eigenvalue weighted by atomic mass is 9.98. The van der Waals surface area contributed by atoms with Gasteiger partial charge in [-0.2, -0.15) is 0 Å². The van der Waals surface area contributed by atoms with Crippen molar-refractivity contribution in [3.05, 3.63) is 17.8 Å². The maximum absolute atomic E-state index is 5.73. The van der Waals surface area contributed by atoms with Crippen LogP contribution in [0.25, 0.3) is 0 Å². The van der Waals surface area contributed by atoms with Crippen LogP contribution in [0, 0.1) is 0 Å². The molecule has 2 N–H and O–H groups in total. The number of aryl methyl sites for hydroxylation is 1. The molecule has 0 bridgehead atoms. The highest BCUT2D eigenvalue weighted by Crippen LogP contribution is 2.18. The summed E-state index contributed by atoms with van der Waals surface area (Å²) >= 11 is 0. The third-order valence-corrected chi connectivity index (χ3v) is 1.92. The molecule has 1 aromatic heterocycles. The number of rotatable bonds is 0. The number of hydrogen-bond donors (Lipinski definition) is 1. The highest BCUT2D eigenvalue weighted by molar-refractivity contribution is 5.12. The lowest BCUT2D eigenvalue weighted by Gasteiger charge is -2.14. The van der Waals surface area contributed by atoms with Gasteiger partial charge in [-0.25, -0.2) is 4.98 Å². The van der Waals surface area contributed by atoms with Gasteiger partial charge in [-0.1, -0.05) is 0 Å². The Hall–Kier alpha value is -0.830. The molecule has 54 valence electrons. The zero-order chi connectivity index (χ0) is 6.97. The van der Waals surface area contributed by atoms with E-state index in [0.717, 1.165) is 30.7 Å². The lowest BCUT2D eigenvalue weighted by molar-refractivity contribution is 0.456. The molecule has 0 amide bonds. The van der Waals surface area contributed by atoms with Gasteiger partial charge in [-0.05, 0) is 6.42 Å².